The summed E-state index contributed by atoms with van der Waals surface area (Å²) in [4.78, 5) is 1.21. The van der Waals surface area contributed by atoms with Crippen molar-refractivity contribution in [3.63, 3.8) is 0 Å². The maximum absolute atomic E-state index is 7.06. The van der Waals surface area contributed by atoms with Crippen LogP contribution < -0.4 is 5.73 Å². The Balaban J connectivity index is 2.25. The fraction of sp³-hybridized carbons (Fsp3) is 0.300. The summed E-state index contributed by atoms with van der Waals surface area (Å²) in [6.45, 7) is 0. The van der Waals surface area contributed by atoms with Gasteiger partial charge < -0.3 is 5.73 Å². The SMILES string of the molecule is N=C(N)CCCSc1ccc(Cl)cc1. The third-order valence-electron chi connectivity index (χ3n) is 1.67. The maximum atomic E-state index is 7.06. The maximum Gasteiger partial charge on any atom is 0.0905 e. The normalized spacial score (nSPS) is 10.1. The number of thioether (sulfide) groups is 1. The van der Waals surface area contributed by atoms with Crippen molar-refractivity contribution in [2.45, 2.75) is 17.7 Å². The summed E-state index contributed by atoms with van der Waals surface area (Å²) < 4.78 is 0. The summed E-state index contributed by atoms with van der Waals surface area (Å²) in [5.74, 6) is 1.25. The van der Waals surface area contributed by atoms with E-state index in [4.69, 9.17) is 22.7 Å². The first-order valence-corrected chi connectivity index (χ1v) is 5.76. The van der Waals surface area contributed by atoms with Crippen LogP contribution in [0.1, 0.15) is 12.8 Å². The van der Waals surface area contributed by atoms with Crippen molar-refractivity contribution in [1.82, 2.24) is 0 Å². The molecule has 4 heteroatoms. The van der Waals surface area contributed by atoms with E-state index in [1.165, 1.54) is 4.90 Å². The average molecular weight is 229 g/mol. The molecule has 0 aliphatic heterocycles. The van der Waals surface area contributed by atoms with Gasteiger partial charge in [0.25, 0.3) is 0 Å². The zero-order valence-electron chi connectivity index (χ0n) is 7.79. The molecule has 0 saturated carbocycles. The number of amidine groups is 1. The van der Waals surface area contributed by atoms with Crippen LogP contribution in [0.2, 0.25) is 5.02 Å². The smallest absolute Gasteiger partial charge is 0.0905 e. The van der Waals surface area contributed by atoms with Crippen molar-refractivity contribution in [2.75, 3.05) is 5.75 Å². The monoisotopic (exact) mass is 228 g/mol. The lowest BCUT2D eigenvalue weighted by molar-refractivity contribution is 0.988. The van der Waals surface area contributed by atoms with Crippen LogP contribution in [-0.2, 0) is 0 Å². The molecule has 0 aromatic heterocycles. The first kappa shape index (κ1) is 11.4. The Morgan fingerprint density at radius 3 is 2.57 bits per heavy atom. The summed E-state index contributed by atoms with van der Waals surface area (Å²) in [5.41, 5.74) is 5.25. The van der Waals surface area contributed by atoms with Crippen LogP contribution in [0, 0.1) is 5.41 Å². The Hall–Kier alpha value is -0.670. The molecule has 1 rings (SSSR count). The van der Waals surface area contributed by atoms with E-state index in [1.807, 2.05) is 24.3 Å². The molecule has 0 amide bonds. The molecule has 0 aliphatic carbocycles. The topological polar surface area (TPSA) is 49.9 Å². The Labute approximate surface area is 93.3 Å². The van der Waals surface area contributed by atoms with Crippen molar-refractivity contribution in [3.8, 4) is 0 Å². The Kier molecular flexibility index (Phi) is 4.84. The molecular weight excluding hydrogens is 216 g/mol. The lowest BCUT2D eigenvalue weighted by Crippen LogP contribution is -2.08. The fourth-order valence-corrected chi connectivity index (χ4v) is 1.96. The molecule has 0 atom stereocenters. The molecule has 1 aromatic rings. The van der Waals surface area contributed by atoms with E-state index in [-0.39, 0.29) is 5.84 Å². The number of benzene rings is 1. The van der Waals surface area contributed by atoms with Gasteiger partial charge >= 0.3 is 0 Å². The molecule has 0 spiro atoms. The number of nitrogens with one attached hydrogen (secondary N) is 1. The number of nitrogens with two attached hydrogens (primary N) is 1. The molecule has 0 bridgehead atoms. The van der Waals surface area contributed by atoms with Gasteiger partial charge in [0.2, 0.25) is 0 Å². The van der Waals surface area contributed by atoms with Crippen molar-refractivity contribution in [1.29, 1.82) is 5.41 Å². The van der Waals surface area contributed by atoms with Gasteiger partial charge in [-0.15, -0.1) is 11.8 Å². The standard InChI is InChI=1S/C10H13ClN2S/c11-8-3-5-9(6-4-8)14-7-1-2-10(12)13/h3-6H,1-2,7H2,(H3,12,13). The van der Waals surface area contributed by atoms with Gasteiger partial charge in [-0.25, -0.2) is 0 Å². The average Bonchev–Trinajstić information content (AvgIpc) is 2.15. The van der Waals surface area contributed by atoms with Crippen molar-refractivity contribution in [2.24, 2.45) is 5.73 Å². The minimum Gasteiger partial charge on any atom is -0.388 e. The van der Waals surface area contributed by atoms with Gasteiger partial charge in [0, 0.05) is 16.3 Å². The van der Waals surface area contributed by atoms with Gasteiger partial charge in [-0.1, -0.05) is 11.6 Å². The van der Waals surface area contributed by atoms with Crippen LogP contribution in [-0.4, -0.2) is 11.6 Å². The van der Waals surface area contributed by atoms with Crippen molar-refractivity contribution < 1.29 is 0 Å². The minimum absolute atomic E-state index is 0.265. The highest BCUT2D eigenvalue weighted by molar-refractivity contribution is 7.99. The molecule has 14 heavy (non-hydrogen) atoms. The predicted octanol–water partition coefficient (Wildman–Crippen LogP) is 3.15. The highest BCUT2D eigenvalue weighted by Gasteiger charge is 1.95. The molecule has 2 nitrogen and oxygen atoms in total. The quantitative estimate of drug-likeness (QED) is 0.352. The molecule has 0 radical (unpaired) electrons. The number of hydrogen-bond donors (Lipinski definition) is 2. The summed E-state index contributed by atoms with van der Waals surface area (Å²) in [6.07, 6.45) is 1.63. The van der Waals surface area contributed by atoms with Crippen LogP contribution in [0.25, 0.3) is 0 Å². The second-order valence-electron chi connectivity index (χ2n) is 2.93. The molecule has 3 N–H and O–H groups in total. The lowest BCUT2D eigenvalue weighted by atomic mass is 10.3. The number of rotatable bonds is 5. The summed E-state index contributed by atoms with van der Waals surface area (Å²) in [6, 6.07) is 7.77. The Morgan fingerprint density at radius 2 is 2.00 bits per heavy atom. The van der Waals surface area contributed by atoms with Gasteiger partial charge in [0.1, 0.15) is 0 Å². The van der Waals surface area contributed by atoms with E-state index in [2.05, 4.69) is 0 Å². The first-order valence-electron chi connectivity index (χ1n) is 4.40. The first-order chi connectivity index (χ1) is 6.68. The summed E-state index contributed by atoms with van der Waals surface area (Å²) in [5, 5.41) is 7.82. The minimum atomic E-state index is 0.265. The summed E-state index contributed by atoms with van der Waals surface area (Å²) >= 11 is 7.52. The van der Waals surface area contributed by atoms with Crippen LogP contribution in [0.4, 0.5) is 0 Å². The third-order valence-corrected chi connectivity index (χ3v) is 3.02. The van der Waals surface area contributed by atoms with E-state index >= 15 is 0 Å². The van der Waals surface area contributed by atoms with Crippen LogP contribution in [0.5, 0.6) is 0 Å². The van der Waals surface area contributed by atoms with E-state index in [0.717, 1.165) is 17.2 Å². The van der Waals surface area contributed by atoms with Crippen LogP contribution >= 0.6 is 23.4 Å². The lowest BCUT2D eigenvalue weighted by Gasteiger charge is -2.01. The van der Waals surface area contributed by atoms with E-state index in [1.54, 1.807) is 11.8 Å². The highest BCUT2D eigenvalue weighted by atomic mass is 35.5. The zero-order valence-corrected chi connectivity index (χ0v) is 9.37. The van der Waals surface area contributed by atoms with Gasteiger partial charge in [0.05, 0.1) is 5.84 Å². The molecule has 0 saturated heterocycles. The van der Waals surface area contributed by atoms with Gasteiger partial charge in [0.15, 0.2) is 0 Å². The predicted molar refractivity (Wildman–Crippen MR) is 63.3 cm³/mol. The Bertz CT molecular complexity index is 297. The van der Waals surface area contributed by atoms with Gasteiger partial charge in [-0.05, 0) is 36.4 Å². The zero-order chi connectivity index (χ0) is 10.4. The molecule has 1 aromatic carbocycles. The van der Waals surface area contributed by atoms with Crippen LogP contribution in [0.15, 0.2) is 29.2 Å². The molecule has 0 aliphatic rings. The largest absolute Gasteiger partial charge is 0.388 e. The van der Waals surface area contributed by atoms with E-state index in [9.17, 15) is 0 Å². The second-order valence-corrected chi connectivity index (χ2v) is 4.54. The molecule has 0 heterocycles. The van der Waals surface area contributed by atoms with Gasteiger partial charge in [-0.3, -0.25) is 5.41 Å². The number of hydrogen-bond acceptors (Lipinski definition) is 2. The van der Waals surface area contributed by atoms with Gasteiger partial charge in [-0.2, -0.15) is 0 Å². The number of halogens is 1. The fourth-order valence-electron chi connectivity index (χ4n) is 0.983. The highest BCUT2D eigenvalue weighted by Crippen LogP contribution is 2.21. The van der Waals surface area contributed by atoms with Crippen molar-refractivity contribution in [3.05, 3.63) is 29.3 Å². The second kappa shape index (κ2) is 5.94. The molecule has 0 unspecified atom stereocenters. The molecule has 0 fully saturated rings. The van der Waals surface area contributed by atoms with E-state index < -0.39 is 0 Å². The molecule has 76 valence electrons. The molecular formula is C10H13ClN2S. The third kappa shape index (κ3) is 4.53. The summed E-state index contributed by atoms with van der Waals surface area (Å²) in [7, 11) is 0. The Morgan fingerprint density at radius 1 is 1.36 bits per heavy atom. The van der Waals surface area contributed by atoms with Crippen LogP contribution in [0.3, 0.4) is 0 Å². The van der Waals surface area contributed by atoms with E-state index in [0.29, 0.717) is 6.42 Å². The van der Waals surface area contributed by atoms with Crippen molar-refractivity contribution >= 4 is 29.2 Å².